The standard InChI is InChI=1S/C13H14N2O3S2/c1-8-5-10(12(14-8)13(17)18)15-11(16)7-19-6-9-3-2-4-20-9/h2-5,14H,6-7H2,1H3,(H,15,16)(H,17,18). The summed E-state index contributed by atoms with van der Waals surface area (Å²) in [5.41, 5.74) is 1.03. The Labute approximate surface area is 124 Å². The van der Waals surface area contributed by atoms with Crippen LogP contribution in [0, 0.1) is 6.92 Å². The Hall–Kier alpha value is -1.73. The fraction of sp³-hybridized carbons (Fsp3) is 0.231. The van der Waals surface area contributed by atoms with Crippen LogP contribution in [-0.4, -0.2) is 27.7 Å². The third kappa shape index (κ3) is 3.88. The second kappa shape index (κ2) is 6.62. The van der Waals surface area contributed by atoms with Crippen molar-refractivity contribution < 1.29 is 14.7 Å². The molecular weight excluding hydrogens is 296 g/mol. The monoisotopic (exact) mass is 310 g/mol. The van der Waals surface area contributed by atoms with E-state index in [4.69, 9.17) is 5.11 Å². The van der Waals surface area contributed by atoms with Gasteiger partial charge in [-0.1, -0.05) is 6.07 Å². The molecule has 0 bridgehead atoms. The van der Waals surface area contributed by atoms with Crippen molar-refractivity contribution >= 4 is 40.7 Å². The summed E-state index contributed by atoms with van der Waals surface area (Å²) >= 11 is 3.15. The number of carboxylic acids is 1. The lowest BCUT2D eigenvalue weighted by Gasteiger charge is -2.04. The average Bonchev–Trinajstić information content (AvgIpc) is 2.99. The number of aryl methyl sites for hydroxylation is 1. The minimum absolute atomic E-state index is 0.0131. The van der Waals surface area contributed by atoms with Crippen LogP contribution >= 0.6 is 23.1 Å². The molecule has 0 aromatic carbocycles. The molecule has 0 fully saturated rings. The molecule has 106 valence electrons. The van der Waals surface area contributed by atoms with Gasteiger partial charge in [-0.25, -0.2) is 4.79 Å². The zero-order chi connectivity index (χ0) is 14.5. The summed E-state index contributed by atoms with van der Waals surface area (Å²) < 4.78 is 0. The molecule has 5 nitrogen and oxygen atoms in total. The number of carboxylic acid groups (broad SMARTS) is 1. The van der Waals surface area contributed by atoms with E-state index in [2.05, 4.69) is 10.3 Å². The second-order valence-electron chi connectivity index (χ2n) is 4.17. The zero-order valence-corrected chi connectivity index (χ0v) is 12.4. The summed E-state index contributed by atoms with van der Waals surface area (Å²) in [6, 6.07) is 5.61. The molecule has 0 aliphatic rings. The number of aromatic carboxylic acids is 1. The predicted molar refractivity (Wildman–Crippen MR) is 81.6 cm³/mol. The van der Waals surface area contributed by atoms with Gasteiger partial charge in [-0.05, 0) is 24.4 Å². The van der Waals surface area contributed by atoms with Crippen LogP contribution in [-0.2, 0) is 10.5 Å². The quantitative estimate of drug-likeness (QED) is 0.766. The van der Waals surface area contributed by atoms with Crippen molar-refractivity contribution in [2.24, 2.45) is 0 Å². The van der Waals surface area contributed by atoms with Crippen LogP contribution in [0.3, 0.4) is 0 Å². The first kappa shape index (κ1) is 14.7. The summed E-state index contributed by atoms with van der Waals surface area (Å²) in [5, 5.41) is 13.6. The van der Waals surface area contributed by atoms with Crippen LogP contribution in [0.25, 0.3) is 0 Å². The van der Waals surface area contributed by atoms with Crippen molar-refractivity contribution in [3.8, 4) is 0 Å². The van der Waals surface area contributed by atoms with E-state index in [9.17, 15) is 9.59 Å². The molecule has 0 saturated carbocycles. The summed E-state index contributed by atoms with van der Waals surface area (Å²) in [4.78, 5) is 26.7. The number of thiophene rings is 1. The highest BCUT2D eigenvalue weighted by atomic mass is 32.2. The van der Waals surface area contributed by atoms with Crippen LogP contribution < -0.4 is 5.32 Å². The van der Waals surface area contributed by atoms with E-state index in [-0.39, 0.29) is 11.6 Å². The Balaban J connectivity index is 1.86. The average molecular weight is 310 g/mol. The van der Waals surface area contributed by atoms with Gasteiger partial charge in [0.2, 0.25) is 5.91 Å². The normalized spacial score (nSPS) is 10.4. The van der Waals surface area contributed by atoms with Gasteiger partial charge in [0.15, 0.2) is 0 Å². The molecular formula is C13H14N2O3S2. The minimum atomic E-state index is -1.08. The van der Waals surface area contributed by atoms with Crippen LogP contribution in [0.1, 0.15) is 21.1 Å². The van der Waals surface area contributed by atoms with Gasteiger partial charge in [-0.15, -0.1) is 23.1 Å². The van der Waals surface area contributed by atoms with E-state index in [1.54, 1.807) is 24.3 Å². The van der Waals surface area contributed by atoms with Gasteiger partial charge in [0.25, 0.3) is 0 Å². The summed E-state index contributed by atoms with van der Waals surface area (Å²) in [7, 11) is 0. The minimum Gasteiger partial charge on any atom is -0.477 e. The SMILES string of the molecule is Cc1cc(NC(=O)CSCc2cccs2)c(C(=O)O)[nH]1. The van der Waals surface area contributed by atoms with Crippen LogP contribution in [0.5, 0.6) is 0 Å². The highest BCUT2D eigenvalue weighted by molar-refractivity contribution is 7.99. The number of hydrogen-bond acceptors (Lipinski definition) is 4. The van der Waals surface area contributed by atoms with Gasteiger partial charge in [0.1, 0.15) is 5.69 Å². The lowest BCUT2D eigenvalue weighted by atomic mass is 10.3. The number of aromatic amines is 1. The Morgan fingerprint density at radius 2 is 2.30 bits per heavy atom. The molecule has 2 aromatic rings. The lowest BCUT2D eigenvalue weighted by molar-refractivity contribution is -0.113. The molecule has 2 heterocycles. The molecule has 0 atom stereocenters. The van der Waals surface area contributed by atoms with E-state index in [0.717, 1.165) is 5.75 Å². The van der Waals surface area contributed by atoms with Crippen LogP contribution in [0.4, 0.5) is 5.69 Å². The zero-order valence-electron chi connectivity index (χ0n) is 10.8. The number of amides is 1. The molecule has 0 spiro atoms. The maximum atomic E-state index is 11.8. The molecule has 0 aliphatic heterocycles. The number of rotatable bonds is 6. The number of carbonyl (C=O) groups excluding carboxylic acids is 1. The van der Waals surface area contributed by atoms with E-state index in [1.807, 2.05) is 17.5 Å². The number of anilines is 1. The van der Waals surface area contributed by atoms with E-state index in [0.29, 0.717) is 17.1 Å². The third-order valence-corrected chi connectivity index (χ3v) is 4.54. The van der Waals surface area contributed by atoms with E-state index in [1.165, 1.54) is 16.6 Å². The fourth-order valence-corrected chi connectivity index (χ4v) is 3.35. The highest BCUT2D eigenvalue weighted by Gasteiger charge is 2.15. The van der Waals surface area contributed by atoms with Gasteiger partial charge >= 0.3 is 5.97 Å². The smallest absolute Gasteiger partial charge is 0.354 e. The molecule has 0 saturated heterocycles. The molecule has 0 radical (unpaired) electrons. The first-order valence-corrected chi connectivity index (χ1v) is 7.92. The van der Waals surface area contributed by atoms with E-state index >= 15 is 0 Å². The highest BCUT2D eigenvalue weighted by Crippen LogP contribution is 2.19. The second-order valence-corrected chi connectivity index (χ2v) is 6.18. The molecule has 7 heteroatoms. The summed E-state index contributed by atoms with van der Waals surface area (Å²) in [6.45, 7) is 1.74. The van der Waals surface area contributed by atoms with Gasteiger partial charge in [0.05, 0.1) is 11.4 Å². The van der Waals surface area contributed by atoms with Crippen molar-refractivity contribution in [1.29, 1.82) is 0 Å². The number of aromatic nitrogens is 1. The molecule has 1 amide bonds. The number of nitrogens with one attached hydrogen (secondary N) is 2. The molecule has 3 N–H and O–H groups in total. The molecule has 2 rings (SSSR count). The van der Waals surface area contributed by atoms with Crippen molar-refractivity contribution in [2.75, 3.05) is 11.1 Å². The molecule has 20 heavy (non-hydrogen) atoms. The molecule has 0 unspecified atom stereocenters. The number of H-pyrrole nitrogens is 1. The van der Waals surface area contributed by atoms with Crippen molar-refractivity contribution in [1.82, 2.24) is 4.98 Å². The van der Waals surface area contributed by atoms with Crippen molar-refractivity contribution in [3.05, 3.63) is 39.8 Å². The number of thioether (sulfide) groups is 1. The molecule has 0 aliphatic carbocycles. The third-order valence-electron chi connectivity index (χ3n) is 2.50. The Morgan fingerprint density at radius 1 is 1.50 bits per heavy atom. The number of carbonyl (C=O) groups is 2. The predicted octanol–water partition coefficient (Wildman–Crippen LogP) is 2.95. The Bertz CT molecular complexity index is 605. The topological polar surface area (TPSA) is 82.2 Å². The summed E-state index contributed by atoms with van der Waals surface area (Å²) in [5.74, 6) is -0.211. The van der Waals surface area contributed by atoms with E-state index < -0.39 is 5.97 Å². The summed E-state index contributed by atoms with van der Waals surface area (Å²) in [6.07, 6.45) is 0. The fourth-order valence-electron chi connectivity index (χ4n) is 1.68. The van der Waals surface area contributed by atoms with Gasteiger partial charge in [-0.2, -0.15) is 0 Å². The Kier molecular flexibility index (Phi) is 4.86. The number of hydrogen-bond donors (Lipinski definition) is 3. The van der Waals surface area contributed by atoms with Gasteiger partial charge in [-0.3, -0.25) is 4.79 Å². The largest absolute Gasteiger partial charge is 0.477 e. The van der Waals surface area contributed by atoms with Crippen molar-refractivity contribution in [2.45, 2.75) is 12.7 Å². The first-order valence-electron chi connectivity index (χ1n) is 5.89. The maximum absolute atomic E-state index is 11.8. The first-order chi connectivity index (χ1) is 9.56. The van der Waals surface area contributed by atoms with Crippen LogP contribution in [0.15, 0.2) is 23.6 Å². The molecule has 2 aromatic heterocycles. The van der Waals surface area contributed by atoms with Gasteiger partial charge < -0.3 is 15.4 Å². The van der Waals surface area contributed by atoms with Crippen LogP contribution in [0.2, 0.25) is 0 Å². The van der Waals surface area contributed by atoms with Crippen molar-refractivity contribution in [3.63, 3.8) is 0 Å². The van der Waals surface area contributed by atoms with Gasteiger partial charge in [0, 0.05) is 16.3 Å². The maximum Gasteiger partial charge on any atom is 0.354 e. The Morgan fingerprint density at radius 3 is 2.95 bits per heavy atom. The lowest BCUT2D eigenvalue weighted by Crippen LogP contribution is -2.16.